The maximum absolute atomic E-state index is 11.7. The molecule has 2 N–H and O–H groups in total. The Balaban J connectivity index is 2.52. The van der Waals surface area contributed by atoms with Crippen molar-refractivity contribution in [2.24, 2.45) is 0 Å². The fraction of sp³-hybridized carbons (Fsp3) is 0.357. The highest BCUT2D eigenvalue weighted by Gasteiger charge is 2.07. The molecule has 0 radical (unpaired) electrons. The Morgan fingerprint density at radius 3 is 2.50 bits per heavy atom. The molecule has 0 fully saturated rings. The summed E-state index contributed by atoms with van der Waals surface area (Å²) in [6.07, 6.45) is 2.30. The van der Waals surface area contributed by atoms with Gasteiger partial charge in [0.15, 0.2) is 0 Å². The molecule has 20 heavy (non-hydrogen) atoms. The van der Waals surface area contributed by atoms with Crippen molar-refractivity contribution in [1.29, 1.82) is 0 Å². The fourth-order valence-electron chi connectivity index (χ4n) is 1.39. The summed E-state index contributed by atoms with van der Waals surface area (Å²) in [7, 11) is -3.60. The molecule has 1 aromatic rings. The number of aryl methyl sites for hydroxylation is 1. The van der Waals surface area contributed by atoms with E-state index in [4.69, 9.17) is 0 Å². The Labute approximate surface area is 120 Å². The van der Waals surface area contributed by atoms with Crippen molar-refractivity contribution in [1.82, 2.24) is 10.0 Å². The number of carbonyl (C=O) groups excluding carboxylic acids is 1. The van der Waals surface area contributed by atoms with Crippen molar-refractivity contribution in [3.8, 4) is 0 Å². The third kappa shape index (κ3) is 6.49. The van der Waals surface area contributed by atoms with Gasteiger partial charge in [0.05, 0.1) is 6.54 Å². The van der Waals surface area contributed by atoms with Crippen LogP contribution in [0.2, 0.25) is 0 Å². The van der Waals surface area contributed by atoms with Crippen molar-refractivity contribution in [3.05, 3.63) is 40.8 Å². The Morgan fingerprint density at radius 1 is 1.25 bits per heavy atom. The number of nitrogens with one attached hydrogen (secondary N) is 2. The van der Waals surface area contributed by atoms with E-state index in [1.165, 1.54) is 6.08 Å². The first kappa shape index (κ1) is 16.4. The summed E-state index contributed by atoms with van der Waals surface area (Å²) < 4.78 is 25.6. The zero-order chi connectivity index (χ0) is 15.0. The van der Waals surface area contributed by atoms with Crippen LogP contribution in [0.25, 0.3) is 6.08 Å². The second kappa shape index (κ2) is 7.81. The Kier molecular flexibility index (Phi) is 6.41. The third-order valence-electron chi connectivity index (χ3n) is 2.52. The SMILES string of the molecule is CCCNC(=O)CNS(=O)(=O)/C=C/c1ccc(C)cc1. The molecule has 0 unspecified atom stereocenters. The van der Waals surface area contributed by atoms with E-state index in [9.17, 15) is 13.2 Å². The summed E-state index contributed by atoms with van der Waals surface area (Å²) in [5.41, 5.74) is 1.90. The number of carbonyl (C=O) groups is 1. The summed E-state index contributed by atoms with van der Waals surface area (Å²) in [5, 5.41) is 3.66. The van der Waals surface area contributed by atoms with Crippen molar-refractivity contribution in [2.75, 3.05) is 13.1 Å². The van der Waals surface area contributed by atoms with Gasteiger partial charge in [-0.1, -0.05) is 36.8 Å². The minimum Gasteiger partial charge on any atom is -0.355 e. The summed E-state index contributed by atoms with van der Waals surface area (Å²) >= 11 is 0. The lowest BCUT2D eigenvalue weighted by molar-refractivity contribution is -0.119. The molecule has 0 spiro atoms. The molecule has 0 bridgehead atoms. The zero-order valence-corrected chi connectivity index (χ0v) is 12.5. The van der Waals surface area contributed by atoms with Crippen LogP contribution < -0.4 is 10.0 Å². The Bertz CT molecular complexity index is 563. The minimum absolute atomic E-state index is 0.249. The van der Waals surface area contributed by atoms with E-state index >= 15 is 0 Å². The van der Waals surface area contributed by atoms with Crippen LogP contribution in [0.3, 0.4) is 0 Å². The average Bonchev–Trinajstić information content (AvgIpc) is 2.42. The van der Waals surface area contributed by atoms with Crippen LogP contribution in [0.15, 0.2) is 29.7 Å². The van der Waals surface area contributed by atoms with E-state index < -0.39 is 10.0 Å². The highest BCUT2D eigenvalue weighted by Crippen LogP contribution is 2.05. The van der Waals surface area contributed by atoms with Crippen molar-refractivity contribution in [3.63, 3.8) is 0 Å². The Hall–Kier alpha value is -1.66. The zero-order valence-electron chi connectivity index (χ0n) is 11.7. The molecular weight excluding hydrogens is 276 g/mol. The molecule has 0 aliphatic rings. The largest absolute Gasteiger partial charge is 0.355 e. The van der Waals surface area contributed by atoms with E-state index in [1.54, 1.807) is 0 Å². The Morgan fingerprint density at radius 2 is 1.90 bits per heavy atom. The van der Waals surface area contributed by atoms with E-state index in [2.05, 4.69) is 10.0 Å². The van der Waals surface area contributed by atoms with Gasteiger partial charge in [-0.05, 0) is 25.0 Å². The van der Waals surface area contributed by atoms with Gasteiger partial charge in [0.1, 0.15) is 0 Å². The third-order valence-corrected chi connectivity index (χ3v) is 3.56. The molecule has 5 nitrogen and oxygen atoms in total. The first-order valence-electron chi connectivity index (χ1n) is 6.44. The van der Waals surface area contributed by atoms with Crippen molar-refractivity contribution < 1.29 is 13.2 Å². The van der Waals surface area contributed by atoms with Gasteiger partial charge in [-0.2, -0.15) is 0 Å². The normalized spacial score (nSPS) is 11.7. The number of sulfonamides is 1. The number of rotatable bonds is 7. The van der Waals surface area contributed by atoms with Crippen molar-refractivity contribution in [2.45, 2.75) is 20.3 Å². The van der Waals surface area contributed by atoms with Gasteiger partial charge < -0.3 is 5.32 Å². The van der Waals surface area contributed by atoms with Crippen molar-refractivity contribution >= 4 is 22.0 Å². The van der Waals surface area contributed by atoms with E-state index in [0.29, 0.717) is 6.54 Å². The maximum atomic E-state index is 11.7. The highest BCUT2D eigenvalue weighted by atomic mass is 32.2. The molecule has 0 aliphatic carbocycles. The van der Waals surface area contributed by atoms with Gasteiger partial charge in [-0.3, -0.25) is 4.79 Å². The molecule has 1 rings (SSSR count). The molecular formula is C14H20N2O3S. The molecule has 1 aromatic carbocycles. The van der Waals surface area contributed by atoms with E-state index in [-0.39, 0.29) is 12.5 Å². The van der Waals surface area contributed by atoms with Crippen LogP contribution in [0.1, 0.15) is 24.5 Å². The molecule has 6 heteroatoms. The summed E-state index contributed by atoms with van der Waals surface area (Å²) in [4.78, 5) is 11.3. The van der Waals surface area contributed by atoms with Crippen LogP contribution >= 0.6 is 0 Å². The van der Waals surface area contributed by atoms with Gasteiger partial charge >= 0.3 is 0 Å². The number of benzene rings is 1. The monoisotopic (exact) mass is 296 g/mol. The van der Waals surface area contributed by atoms with Gasteiger partial charge in [-0.15, -0.1) is 0 Å². The molecule has 0 saturated carbocycles. The molecule has 0 aliphatic heterocycles. The topological polar surface area (TPSA) is 75.3 Å². The first-order chi connectivity index (χ1) is 9.43. The van der Waals surface area contributed by atoms with Crippen LogP contribution in [0.4, 0.5) is 0 Å². The van der Waals surface area contributed by atoms with Gasteiger partial charge in [0, 0.05) is 12.0 Å². The number of hydrogen-bond acceptors (Lipinski definition) is 3. The molecule has 0 heterocycles. The van der Waals surface area contributed by atoms with Crippen LogP contribution in [-0.4, -0.2) is 27.4 Å². The molecule has 1 amide bonds. The smallest absolute Gasteiger partial charge is 0.235 e. The minimum atomic E-state index is -3.60. The average molecular weight is 296 g/mol. The van der Waals surface area contributed by atoms with Crippen LogP contribution in [-0.2, 0) is 14.8 Å². The predicted molar refractivity (Wildman–Crippen MR) is 80.4 cm³/mol. The second-order valence-electron chi connectivity index (χ2n) is 4.43. The lowest BCUT2D eigenvalue weighted by Crippen LogP contribution is -2.36. The molecule has 0 saturated heterocycles. The summed E-state index contributed by atoms with van der Waals surface area (Å²) in [5.74, 6) is -0.334. The molecule has 0 aromatic heterocycles. The van der Waals surface area contributed by atoms with E-state index in [1.807, 2.05) is 38.1 Å². The first-order valence-corrected chi connectivity index (χ1v) is 7.98. The van der Waals surface area contributed by atoms with Gasteiger partial charge in [0.2, 0.25) is 15.9 Å². The molecule has 110 valence electrons. The quantitative estimate of drug-likeness (QED) is 0.799. The lowest BCUT2D eigenvalue weighted by atomic mass is 10.2. The van der Waals surface area contributed by atoms with Crippen LogP contribution in [0, 0.1) is 6.92 Å². The maximum Gasteiger partial charge on any atom is 0.235 e. The number of hydrogen-bond donors (Lipinski definition) is 2. The van der Waals surface area contributed by atoms with Gasteiger partial charge in [-0.25, -0.2) is 13.1 Å². The lowest BCUT2D eigenvalue weighted by Gasteiger charge is -2.04. The predicted octanol–water partition coefficient (Wildman–Crippen LogP) is 1.41. The van der Waals surface area contributed by atoms with Gasteiger partial charge in [0.25, 0.3) is 0 Å². The summed E-state index contributed by atoms with van der Waals surface area (Å²) in [6, 6.07) is 7.46. The standard InChI is InChI=1S/C14H20N2O3S/c1-3-9-15-14(17)11-16-20(18,19)10-8-13-6-4-12(2)5-7-13/h4-8,10,16H,3,9,11H2,1-2H3,(H,15,17)/b10-8+. The van der Waals surface area contributed by atoms with E-state index in [0.717, 1.165) is 23.0 Å². The highest BCUT2D eigenvalue weighted by molar-refractivity contribution is 7.92. The number of amides is 1. The summed E-state index contributed by atoms with van der Waals surface area (Å²) in [6.45, 7) is 4.18. The van der Waals surface area contributed by atoms with Crippen LogP contribution in [0.5, 0.6) is 0 Å². The fourth-order valence-corrected chi connectivity index (χ4v) is 2.15. The second-order valence-corrected chi connectivity index (χ2v) is 6.08. The molecule has 0 atom stereocenters.